The number of rotatable bonds is 2. The van der Waals surface area contributed by atoms with Gasteiger partial charge < -0.3 is 4.74 Å². The quantitative estimate of drug-likeness (QED) is 0.740. The highest BCUT2D eigenvalue weighted by atomic mass is 35.5. The van der Waals surface area contributed by atoms with Crippen molar-refractivity contribution in [1.29, 1.82) is 0 Å². The van der Waals surface area contributed by atoms with E-state index in [4.69, 9.17) is 16.3 Å². The molecule has 0 amide bonds. The first-order valence-electron chi connectivity index (χ1n) is 4.69. The molecular formula is C13H11ClO. The van der Waals surface area contributed by atoms with Crippen LogP contribution in [0.15, 0.2) is 48.5 Å². The third-order valence-electron chi connectivity index (χ3n) is 2.21. The monoisotopic (exact) mass is 218 g/mol. The van der Waals surface area contributed by atoms with Gasteiger partial charge in [0.05, 0.1) is 7.11 Å². The number of benzene rings is 2. The maximum atomic E-state index is 6.00. The maximum absolute atomic E-state index is 6.00. The predicted molar refractivity (Wildman–Crippen MR) is 63.4 cm³/mol. The Hall–Kier alpha value is -1.47. The molecule has 2 rings (SSSR count). The number of halogens is 1. The van der Waals surface area contributed by atoms with Gasteiger partial charge in [-0.3, -0.25) is 0 Å². The highest BCUT2D eigenvalue weighted by Crippen LogP contribution is 2.27. The van der Waals surface area contributed by atoms with E-state index in [-0.39, 0.29) is 0 Å². The van der Waals surface area contributed by atoms with E-state index < -0.39 is 0 Å². The van der Waals surface area contributed by atoms with Gasteiger partial charge in [-0.2, -0.15) is 0 Å². The third-order valence-corrected chi connectivity index (χ3v) is 2.43. The van der Waals surface area contributed by atoms with Gasteiger partial charge in [0.15, 0.2) is 0 Å². The van der Waals surface area contributed by atoms with Gasteiger partial charge in [-0.05, 0) is 29.3 Å². The van der Waals surface area contributed by atoms with E-state index in [0.29, 0.717) is 5.02 Å². The molecule has 1 nitrogen and oxygen atoms in total. The van der Waals surface area contributed by atoms with Crippen molar-refractivity contribution >= 4 is 11.6 Å². The van der Waals surface area contributed by atoms with E-state index in [1.54, 1.807) is 13.2 Å². The summed E-state index contributed by atoms with van der Waals surface area (Å²) >= 11 is 6.00. The van der Waals surface area contributed by atoms with Crippen molar-refractivity contribution in [2.75, 3.05) is 7.11 Å². The Balaban J connectivity index is 2.49. The van der Waals surface area contributed by atoms with Crippen LogP contribution in [-0.4, -0.2) is 7.11 Å². The molecule has 0 spiro atoms. The maximum Gasteiger partial charge on any atom is 0.120 e. The molecule has 2 aromatic carbocycles. The van der Waals surface area contributed by atoms with Crippen LogP contribution in [0, 0.1) is 0 Å². The van der Waals surface area contributed by atoms with Gasteiger partial charge in [0.25, 0.3) is 0 Å². The summed E-state index contributed by atoms with van der Waals surface area (Å²) in [7, 11) is 1.64. The van der Waals surface area contributed by atoms with Crippen LogP contribution in [0.4, 0.5) is 0 Å². The second kappa shape index (κ2) is 4.37. The molecule has 0 N–H and O–H groups in total. The van der Waals surface area contributed by atoms with Gasteiger partial charge in [0, 0.05) is 5.02 Å². The molecule has 2 heteroatoms. The molecule has 0 atom stereocenters. The molecule has 76 valence electrons. The fraction of sp³-hybridized carbons (Fsp3) is 0.0769. The van der Waals surface area contributed by atoms with Crippen LogP contribution in [-0.2, 0) is 0 Å². The first-order valence-corrected chi connectivity index (χ1v) is 5.07. The highest BCUT2D eigenvalue weighted by Gasteiger charge is 2.01. The van der Waals surface area contributed by atoms with Crippen molar-refractivity contribution in [1.82, 2.24) is 0 Å². The van der Waals surface area contributed by atoms with Crippen molar-refractivity contribution < 1.29 is 4.74 Å². The first-order chi connectivity index (χ1) is 7.29. The van der Waals surface area contributed by atoms with Gasteiger partial charge >= 0.3 is 0 Å². The smallest absolute Gasteiger partial charge is 0.120 e. The van der Waals surface area contributed by atoms with E-state index in [2.05, 4.69) is 0 Å². The summed E-state index contributed by atoms with van der Waals surface area (Å²) in [5.41, 5.74) is 2.21. The summed E-state index contributed by atoms with van der Waals surface area (Å²) in [6, 6.07) is 15.8. The average molecular weight is 219 g/mol. The molecule has 0 fully saturated rings. The minimum atomic E-state index is 0.688. The fourth-order valence-corrected chi connectivity index (χ4v) is 1.70. The molecule has 0 aliphatic rings. The van der Waals surface area contributed by atoms with E-state index in [1.807, 2.05) is 42.5 Å². The summed E-state index contributed by atoms with van der Waals surface area (Å²) in [5, 5.41) is 0.688. The lowest BCUT2D eigenvalue weighted by Gasteiger charge is -2.05. The summed E-state index contributed by atoms with van der Waals surface area (Å²) < 4.78 is 5.17. The first kappa shape index (κ1) is 10.1. The minimum Gasteiger partial charge on any atom is -0.497 e. The predicted octanol–water partition coefficient (Wildman–Crippen LogP) is 4.02. The normalized spacial score (nSPS) is 10.0. The van der Waals surface area contributed by atoms with E-state index in [0.717, 1.165) is 16.9 Å². The number of hydrogen-bond acceptors (Lipinski definition) is 1. The molecular weight excluding hydrogens is 208 g/mol. The Morgan fingerprint density at radius 3 is 2.33 bits per heavy atom. The molecule has 0 aliphatic carbocycles. The van der Waals surface area contributed by atoms with E-state index in [9.17, 15) is 0 Å². The lowest BCUT2D eigenvalue weighted by atomic mass is 10.1. The SMILES string of the molecule is COc1cc(Cl)cc(-c2ccccc2)c1. The summed E-state index contributed by atoms with van der Waals surface area (Å²) in [6.07, 6.45) is 0. The molecule has 0 saturated carbocycles. The molecule has 0 heterocycles. The van der Waals surface area contributed by atoms with Crippen molar-refractivity contribution in [2.24, 2.45) is 0 Å². The molecule has 0 radical (unpaired) electrons. The molecule has 0 unspecified atom stereocenters. The van der Waals surface area contributed by atoms with Crippen LogP contribution >= 0.6 is 11.6 Å². The number of hydrogen-bond donors (Lipinski definition) is 0. The van der Waals surface area contributed by atoms with Crippen molar-refractivity contribution in [3.63, 3.8) is 0 Å². The van der Waals surface area contributed by atoms with Crippen LogP contribution in [0.3, 0.4) is 0 Å². The van der Waals surface area contributed by atoms with Crippen LogP contribution in [0.2, 0.25) is 5.02 Å². The zero-order chi connectivity index (χ0) is 10.7. The Bertz CT molecular complexity index is 451. The Morgan fingerprint density at radius 1 is 0.933 bits per heavy atom. The molecule has 2 aromatic rings. The Labute approximate surface area is 94.3 Å². The van der Waals surface area contributed by atoms with E-state index in [1.165, 1.54) is 0 Å². The number of methoxy groups -OCH3 is 1. The summed E-state index contributed by atoms with van der Waals surface area (Å²) in [4.78, 5) is 0. The average Bonchev–Trinajstić information content (AvgIpc) is 2.29. The molecule has 0 saturated heterocycles. The van der Waals surface area contributed by atoms with Gasteiger partial charge in [0.2, 0.25) is 0 Å². The van der Waals surface area contributed by atoms with Crippen molar-refractivity contribution in [2.45, 2.75) is 0 Å². The lowest BCUT2D eigenvalue weighted by molar-refractivity contribution is 0.415. The van der Waals surface area contributed by atoms with E-state index >= 15 is 0 Å². The Kier molecular flexibility index (Phi) is 2.93. The largest absolute Gasteiger partial charge is 0.497 e. The van der Waals surface area contributed by atoms with Gasteiger partial charge in [0.1, 0.15) is 5.75 Å². The lowest BCUT2D eigenvalue weighted by Crippen LogP contribution is -1.84. The third kappa shape index (κ3) is 2.31. The molecule has 0 bridgehead atoms. The highest BCUT2D eigenvalue weighted by molar-refractivity contribution is 6.31. The fourth-order valence-electron chi connectivity index (χ4n) is 1.48. The summed E-state index contributed by atoms with van der Waals surface area (Å²) in [6.45, 7) is 0. The minimum absolute atomic E-state index is 0.688. The Morgan fingerprint density at radius 2 is 1.67 bits per heavy atom. The summed E-state index contributed by atoms with van der Waals surface area (Å²) in [5.74, 6) is 0.779. The zero-order valence-corrected chi connectivity index (χ0v) is 9.16. The van der Waals surface area contributed by atoms with Crippen molar-refractivity contribution in [3.8, 4) is 16.9 Å². The van der Waals surface area contributed by atoms with Gasteiger partial charge in [-0.1, -0.05) is 41.9 Å². The zero-order valence-electron chi connectivity index (χ0n) is 8.41. The molecule has 15 heavy (non-hydrogen) atoms. The second-order valence-electron chi connectivity index (χ2n) is 3.25. The van der Waals surface area contributed by atoms with Crippen molar-refractivity contribution in [3.05, 3.63) is 53.6 Å². The molecule has 0 aliphatic heterocycles. The van der Waals surface area contributed by atoms with Crippen LogP contribution in [0.1, 0.15) is 0 Å². The molecule has 0 aromatic heterocycles. The van der Waals surface area contributed by atoms with Gasteiger partial charge in [-0.25, -0.2) is 0 Å². The second-order valence-corrected chi connectivity index (χ2v) is 3.68. The topological polar surface area (TPSA) is 9.23 Å². The standard InChI is InChI=1S/C13H11ClO/c1-15-13-8-11(7-12(14)9-13)10-5-3-2-4-6-10/h2-9H,1H3. The van der Waals surface area contributed by atoms with Gasteiger partial charge in [-0.15, -0.1) is 0 Å². The number of ether oxygens (including phenoxy) is 1. The van der Waals surface area contributed by atoms with Crippen LogP contribution in [0.5, 0.6) is 5.75 Å². The van der Waals surface area contributed by atoms with Crippen LogP contribution in [0.25, 0.3) is 11.1 Å². The van der Waals surface area contributed by atoms with Crippen LogP contribution < -0.4 is 4.74 Å².